The molecule has 2 N–H and O–H groups in total. The van der Waals surface area contributed by atoms with Crippen LogP contribution in [0.25, 0.3) is 16.9 Å². The van der Waals surface area contributed by atoms with Gasteiger partial charge in [-0.15, -0.1) is 5.10 Å². The number of imidazole rings is 1. The van der Waals surface area contributed by atoms with Crippen molar-refractivity contribution in [1.29, 1.82) is 0 Å². The summed E-state index contributed by atoms with van der Waals surface area (Å²) in [5.41, 5.74) is 9.78. The number of rotatable bonds is 6. The Balaban J connectivity index is 1.48. The van der Waals surface area contributed by atoms with Crippen LogP contribution in [-0.4, -0.2) is 47.2 Å². The molecule has 1 aliphatic rings. The molecule has 34 heavy (non-hydrogen) atoms. The van der Waals surface area contributed by atoms with Gasteiger partial charge in [-0.3, -0.25) is 4.79 Å². The molecule has 1 atom stereocenters. The predicted molar refractivity (Wildman–Crippen MR) is 128 cm³/mol. The van der Waals surface area contributed by atoms with Crippen molar-refractivity contribution in [3.8, 4) is 17.0 Å². The number of halogens is 1. The monoisotopic (exact) mass is 460 g/mol. The van der Waals surface area contributed by atoms with Crippen molar-refractivity contribution in [3.05, 3.63) is 72.2 Å². The Bertz CT molecular complexity index is 1370. The lowest BCUT2D eigenvalue weighted by Crippen LogP contribution is -2.27. The molecule has 8 nitrogen and oxygen atoms in total. The molecular weight excluding hydrogens is 435 g/mol. The zero-order valence-electron chi connectivity index (χ0n) is 19.0. The molecule has 5 rings (SSSR count). The lowest BCUT2D eigenvalue weighted by molar-refractivity contribution is -0.117. The normalized spacial score (nSPS) is 15.8. The minimum Gasteiger partial charge on any atom is -0.496 e. The average Bonchev–Trinajstić information content (AvgIpc) is 3.40. The van der Waals surface area contributed by atoms with Crippen LogP contribution in [0.2, 0.25) is 0 Å². The first-order valence-electron chi connectivity index (χ1n) is 11.0. The summed E-state index contributed by atoms with van der Waals surface area (Å²) in [6, 6.07) is 15.8. The molecule has 0 saturated carbocycles. The maximum absolute atomic E-state index is 13.6. The van der Waals surface area contributed by atoms with Crippen LogP contribution in [0.1, 0.15) is 12.0 Å². The van der Waals surface area contributed by atoms with E-state index in [-0.39, 0.29) is 17.8 Å². The number of amides is 1. The number of carbonyl (C=O) groups is 1. The van der Waals surface area contributed by atoms with Crippen LogP contribution in [-0.2, 0) is 11.3 Å². The molecule has 2 aromatic heterocycles. The van der Waals surface area contributed by atoms with Gasteiger partial charge in [0.2, 0.25) is 5.91 Å². The zero-order chi connectivity index (χ0) is 23.8. The van der Waals surface area contributed by atoms with E-state index in [0.29, 0.717) is 36.7 Å². The Labute approximate surface area is 196 Å². The molecule has 174 valence electrons. The van der Waals surface area contributed by atoms with Gasteiger partial charge in [-0.25, -0.2) is 13.9 Å². The highest BCUT2D eigenvalue weighted by atomic mass is 19.1. The van der Waals surface area contributed by atoms with Crippen LogP contribution in [0, 0.1) is 5.82 Å². The van der Waals surface area contributed by atoms with Crippen molar-refractivity contribution in [3.63, 3.8) is 0 Å². The highest BCUT2D eigenvalue weighted by molar-refractivity contribution is 5.96. The Morgan fingerprint density at radius 3 is 2.79 bits per heavy atom. The van der Waals surface area contributed by atoms with E-state index >= 15 is 0 Å². The van der Waals surface area contributed by atoms with Crippen LogP contribution in [0.3, 0.4) is 0 Å². The minimum absolute atomic E-state index is 0.00440. The van der Waals surface area contributed by atoms with Crippen molar-refractivity contribution in [1.82, 2.24) is 14.6 Å². The molecule has 3 heterocycles. The lowest BCUT2D eigenvalue weighted by atomic mass is 10.1. The highest BCUT2D eigenvalue weighted by Crippen LogP contribution is 2.35. The van der Waals surface area contributed by atoms with Gasteiger partial charge in [0.1, 0.15) is 17.4 Å². The Hall–Kier alpha value is -3.98. The van der Waals surface area contributed by atoms with Gasteiger partial charge in [0.15, 0.2) is 5.65 Å². The number of methoxy groups -OCH3 is 1. The van der Waals surface area contributed by atoms with E-state index in [1.54, 1.807) is 28.8 Å². The Morgan fingerprint density at radius 2 is 2.06 bits per heavy atom. The molecule has 0 unspecified atom stereocenters. The molecule has 2 aromatic carbocycles. The summed E-state index contributed by atoms with van der Waals surface area (Å²) < 4.78 is 21.0. The summed E-state index contributed by atoms with van der Waals surface area (Å²) in [4.78, 5) is 20.4. The number of nitrogens with two attached hydrogens (primary N) is 1. The second kappa shape index (κ2) is 8.75. The van der Waals surface area contributed by atoms with Gasteiger partial charge in [0.05, 0.1) is 19.0 Å². The first-order valence-corrected chi connectivity index (χ1v) is 11.0. The van der Waals surface area contributed by atoms with Crippen LogP contribution in [0.5, 0.6) is 5.75 Å². The number of aromatic nitrogens is 3. The molecule has 4 aromatic rings. The maximum Gasteiger partial charge on any atom is 0.228 e. The number of carbonyl (C=O) groups excluding carboxylic acids is 1. The zero-order valence-corrected chi connectivity index (χ0v) is 19.0. The summed E-state index contributed by atoms with van der Waals surface area (Å²) in [6.45, 7) is 0.990. The topological polar surface area (TPSA) is 89.0 Å². The van der Waals surface area contributed by atoms with Crippen molar-refractivity contribution < 1.29 is 13.9 Å². The molecule has 1 aliphatic heterocycles. The van der Waals surface area contributed by atoms with Gasteiger partial charge in [-0.2, -0.15) is 0 Å². The second-order valence-electron chi connectivity index (χ2n) is 8.44. The standard InChI is InChI=1S/C25H25FN6O2/c1-30(14-16-4-3-5-17(26)10-16)24-9-8-23-28-13-21(32(23)29-24)20-7-6-19(12-22(20)34-2)31-15-18(27)11-25(31)33/h3-10,12-13,18H,11,14-15,27H2,1-2H3/t18-/m0/s1. The predicted octanol–water partition coefficient (Wildman–Crippen LogP) is 3.24. The Morgan fingerprint density at radius 1 is 1.21 bits per heavy atom. The van der Waals surface area contributed by atoms with E-state index in [2.05, 4.69) is 4.98 Å². The van der Waals surface area contributed by atoms with E-state index in [0.717, 1.165) is 22.5 Å². The number of fused-ring (bicyclic) bond motifs is 1. The van der Waals surface area contributed by atoms with Crippen molar-refractivity contribution >= 4 is 23.1 Å². The fourth-order valence-electron chi connectivity index (χ4n) is 4.29. The van der Waals surface area contributed by atoms with Crippen LogP contribution in [0.4, 0.5) is 15.9 Å². The van der Waals surface area contributed by atoms with Crippen LogP contribution >= 0.6 is 0 Å². The quantitative estimate of drug-likeness (QED) is 0.475. The number of ether oxygens (including phenoxy) is 1. The van der Waals surface area contributed by atoms with Gasteiger partial charge in [0, 0.05) is 49.9 Å². The summed E-state index contributed by atoms with van der Waals surface area (Å²) in [5, 5.41) is 4.78. The Kier molecular flexibility index (Phi) is 5.62. The summed E-state index contributed by atoms with van der Waals surface area (Å²) in [5.74, 6) is 1.06. The molecule has 1 saturated heterocycles. The third-order valence-electron chi connectivity index (χ3n) is 5.98. The largest absolute Gasteiger partial charge is 0.496 e. The average molecular weight is 461 g/mol. The van der Waals surface area contributed by atoms with E-state index in [4.69, 9.17) is 15.6 Å². The van der Waals surface area contributed by atoms with Crippen molar-refractivity contribution in [2.45, 2.75) is 19.0 Å². The SMILES string of the molecule is COc1cc(N2C[C@@H](N)CC2=O)ccc1-c1cnc2ccc(N(C)Cc3cccc(F)c3)nn12. The second-order valence-corrected chi connectivity index (χ2v) is 8.44. The van der Waals surface area contributed by atoms with Crippen LogP contribution in [0.15, 0.2) is 60.8 Å². The molecule has 0 aliphatic carbocycles. The van der Waals surface area contributed by atoms with Gasteiger partial charge >= 0.3 is 0 Å². The molecule has 0 bridgehead atoms. The van der Waals surface area contributed by atoms with Crippen LogP contribution < -0.4 is 20.3 Å². The molecule has 1 fully saturated rings. The van der Waals surface area contributed by atoms with E-state index in [9.17, 15) is 9.18 Å². The number of hydrogen-bond acceptors (Lipinski definition) is 6. The maximum atomic E-state index is 13.6. The number of hydrogen-bond donors (Lipinski definition) is 1. The fraction of sp³-hybridized carbons (Fsp3) is 0.240. The van der Waals surface area contributed by atoms with Gasteiger partial charge < -0.3 is 20.3 Å². The highest BCUT2D eigenvalue weighted by Gasteiger charge is 2.28. The number of benzene rings is 2. The summed E-state index contributed by atoms with van der Waals surface area (Å²) >= 11 is 0. The molecule has 0 radical (unpaired) electrons. The first-order chi connectivity index (χ1) is 16.4. The number of anilines is 2. The molecule has 9 heteroatoms. The van der Waals surface area contributed by atoms with E-state index in [1.807, 2.05) is 48.3 Å². The van der Waals surface area contributed by atoms with Gasteiger partial charge in [-0.1, -0.05) is 12.1 Å². The van der Waals surface area contributed by atoms with Crippen molar-refractivity contribution in [2.24, 2.45) is 5.73 Å². The molecule has 0 spiro atoms. The summed E-state index contributed by atoms with van der Waals surface area (Å²) in [7, 11) is 3.50. The van der Waals surface area contributed by atoms with Crippen molar-refractivity contribution in [2.75, 3.05) is 30.5 Å². The van der Waals surface area contributed by atoms with Gasteiger partial charge in [0.25, 0.3) is 0 Å². The first kappa shape index (κ1) is 21.8. The third kappa shape index (κ3) is 4.06. The molecular formula is C25H25FN6O2. The third-order valence-corrected chi connectivity index (χ3v) is 5.98. The molecule has 1 amide bonds. The minimum atomic E-state index is -0.264. The number of nitrogens with zero attached hydrogens (tertiary/aromatic N) is 5. The lowest BCUT2D eigenvalue weighted by Gasteiger charge is -2.19. The smallest absolute Gasteiger partial charge is 0.228 e. The van der Waals surface area contributed by atoms with Gasteiger partial charge in [-0.05, 0) is 42.0 Å². The summed E-state index contributed by atoms with van der Waals surface area (Å²) in [6.07, 6.45) is 2.08. The van der Waals surface area contributed by atoms with E-state index < -0.39 is 0 Å². The fourth-order valence-corrected chi connectivity index (χ4v) is 4.29. The van der Waals surface area contributed by atoms with E-state index in [1.165, 1.54) is 12.1 Å².